The number of carbonyl (C=O) groups is 1. The summed E-state index contributed by atoms with van der Waals surface area (Å²) in [6.45, 7) is 4.96. The van der Waals surface area contributed by atoms with Crippen LogP contribution in [0.25, 0.3) is 10.9 Å². The highest BCUT2D eigenvalue weighted by atomic mass is 32.2. The zero-order valence-electron chi connectivity index (χ0n) is 16.8. The van der Waals surface area contributed by atoms with Crippen molar-refractivity contribution >= 4 is 26.8 Å². The van der Waals surface area contributed by atoms with E-state index in [1.165, 1.54) is 4.31 Å². The minimum Gasteiger partial charge on any atom is -0.376 e. The van der Waals surface area contributed by atoms with Crippen molar-refractivity contribution in [2.45, 2.75) is 50.2 Å². The molecule has 2 fully saturated rings. The number of piperidine rings is 1. The first kappa shape index (κ1) is 20.4. The Morgan fingerprint density at radius 1 is 1.21 bits per heavy atom. The average Bonchev–Trinajstić information content (AvgIpc) is 3.41. The second-order valence-electron chi connectivity index (χ2n) is 7.88. The molecule has 0 spiro atoms. The Kier molecular flexibility index (Phi) is 5.94. The second-order valence-corrected chi connectivity index (χ2v) is 9.82. The van der Waals surface area contributed by atoms with Crippen LogP contribution in [0.1, 0.15) is 32.6 Å². The van der Waals surface area contributed by atoms with Gasteiger partial charge in [-0.3, -0.25) is 4.79 Å². The lowest BCUT2D eigenvalue weighted by Gasteiger charge is -2.30. The number of hydrogen-bond acceptors (Lipinski definition) is 4. The molecule has 0 aliphatic carbocycles. The largest absolute Gasteiger partial charge is 0.376 e. The summed E-state index contributed by atoms with van der Waals surface area (Å²) in [5.74, 6) is -0.121. The number of sulfonamides is 1. The summed E-state index contributed by atoms with van der Waals surface area (Å²) < 4.78 is 35.3. The maximum atomic E-state index is 13.1. The number of aromatic nitrogens is 1. The zero-order chi connectivity index (χ0) is 20.4. The van der Waals surface area contributed by atoms with Crippen molar-refractivity contribution in [3.8, 4) is 0 Å². The van der Waals surface area contributed by atoms with Gasteiger partial charge in [0.05, 0.1) is 11.0 Å². The molecule has 1 aromatic carbocycles. The van der Waals surface area contributed by atoms with E-state index in [0.29, 0.717) is 37.4 Å². The number of nitrogens with zero attached hydrogens (tertiary/aromatic N) is 2. The highest BCUT2D eigenvalue weighted by molar-refractivity contribution is 7.89. The predicted octanol–water partition coefficient (Wildman–Crippen LogP) is 2.36. The Balaban J connectivity index is 1.37. The number of amides is 1. The topological polar surface area (TPSA) is 80.6 Å². The zero-order valence-corrected chi connectivity index (χ0v) is 17.7. The molecule has 2 aromatic rings. The van der Waals surface area contributed by atoms with Gasteiger partial charge in [-0.05, 0) is 56.9 Å². The highest BCUT2D eigenvalue weighted by Gasteiger charge is 2.32. The summed E-state index contributed by atoms with van der Waals surface area (Å²) in [5.41, 5.74) is 1.04. The molecule has 7 nitrogen and oxygen atoms in total. The number of hydrogen-bond donors (Lipinski definition) is 1. The van der Waals surface area contributed by atoms with Crippen LogP contribution in [0.15, 0.2) is 35.4 Å². The predicted molar refractivity (Wildman–Crippen MR) is 111 cm³/mol. The van der Waals surface area contributed by atoms with Gasteiger partial charge in [0.25, 0.3) is 0 Å². The Morgan fingerprint density at radius 2 is 2.00 bits per heavy atom. The lowest BCUT2D eigenvalue weighted by molar-refractivity contribution is -0.126. The van der Waals surface area contributed by atoms with Crippen molar-refractivity contribution in [2.24, 2.45) is 5.92 Å². The average molecular weight is 420 g/mol. The van der Waals surface area contributed by atoms with Crippen LogP contribution in [0, 0.1) is 5.92 Å². The van der Waals surface area contributed by atoms with Crippen LogP contribution in [-0.2, 0) is 26.1 Å². The number of ether oxygens (including phenoxy) is 1. The monoisotopic (exact) mass is 419 g/mol. The molecule has 1 aromatic heterocycles. The maximum absolute atomic E-state index is 13.1. The number of nitrogens with one attached hydrogen (secondary N) is 1. The van der Waals surface area contributed by atoms with Crippen LogP contribution in [-0.4, -0.2) is 55.5 Å². The first-order valence-corrected chi connectivity index (χ1v) is 11.9. The van der Waals surface area contributed by atoms with E-state index in [2.05, 4.69) is 16.8 Å². The molecule has 2 aliphatic heterocycles. The Morgan fingerprint density at radius 3 is 2.69 bits per heavy atom. The van der Waals surface area contributed by atoms with Crippen LogP contribution < -0.4 is 5.32 Å². The van der Waals surface area contributed by atoms with Gasteiger partial charge < -0.3 is 14.6 Å². The standard InChI is InChI=1S/C21H29N3O4S/c1-2-23-10-7-17-14-19(5-6-20(17)23)29(26,27)24-11-8-16(9-12-24)21(25)22-15-18-4-3-13-28-18/h5-7,10,14,16,18H,2-4,8-9,11-13,15H2,1H3,(H,22,25)/t18-/m1/s1. The maximum Gasteiger partial charge on any atom is 0.243 e. The van der Waals surface area contributed by atoms with Gasteiger partial charge in [-0.2, -0.15) is 4.31 Å². The number of aryl methyl sites for hydroxylation is 1. The smallest absolute Gasteiger partial charge is 0.243 e. The minimum atomic E-state index is -3.55. The molecule has 4 rings (SSSR count). The molecule has 0 radical (unpaired) electrons. The van der Waals surface area contributed by atoms with E-state index in [1.807, 2.05) is 18.3 Å². The fourth-order valence-electron chi connectivity index (χ4n) is 4.29. The molecule has 1 amide bonds. The van der Waals surface area contributed by atoms with Crippen molar-refractivity contribution in [3.63, 3.8) is 0 Å². The van der Waals surface area contributed by atoms with E-state index in [9.17, 15) is 13.2 Å². The summed E-state index contributed by atoms with van der Waals surface area (Å²) in [6, 6.07) is 7.25. The molecule has 3 heterocycles. The van der Waals surface area contributed by atoms with Gasteiger partial charge in [0.2, 0.25) is 15.9 Å². The van der Waals surface area contributed by atoms with Crippen LogP contribution in [0.2, 0.25) is 0 Å². The van der Waals surface area contributed by atoms with Gasteiger partial charge in [-0.15, -0.1) is 0 Å². The Labute approximate surface area is 172 Å². The van der Waals surface area contributed by atoms with Gasteiger partial charge in [-0.25, -0.2) is 8.42 Å². The SMILES string of the molecule is CCn1ccc2cc(S(=O)(=O)N3CCC(C(=O)NC[C@H]4CCCO4)CC3)ccc21. The minimum absolute atomic E-state index is 0.0138. The molecule has 0 saturated carbocycles. The van der Waals surface area contributed by atoms with E-state index in [1.54, 1.807) is 12.1 Å². The van der Waals surface area contributed by atoms with Crippen molar-refractivity contribution in [2.75, 3.05) is 26.2 Å². The van der Waals surface area contributed by atoms with Crippen LogP contribution in [0.5, 0.6) is 0 Å². The highest BCUT2D eigenvalue weighted by Crippen LogP contribution is 2.27. The molecule has 1 N–H and O–H groups in total. The van der Waals surface area contributed by atoms with Gasteiger partial charge in [-0.1, -0.05) is 0 Å². The van der Waals surface area contributed by atoms with E-state index in [4.69, 9.17) is 4.74 Å². The molecule has 8 heteroatoms. The van der Waals surface area contributed by atoms with E-state index >= 15 is 0 Å². The molecular formula is C21H29N3O4S. The fraction of sp³-hybridized carbons (Fsp3) is 0.571. The lowest BCUT2D eigenvalue weighted by Crippen LogP contribution is -2.44. The third-order valence-electron chi connectivity index (χ3n) is 6.07. The lowest BCUT2D eigenvalue weighted by atomic mass is 9.97. The summed E-state index contributed by atoms with van der Waals surface area (Å²) in [5, 5.41) is 3.90. The van der Waals surface area contributed by atoms with Crippen LogP contribution in [0.4, 0.5) is 0 Å². The van der Waals surface area contributed by atoms with Crippen molar-refractivity contribution < 1.29 is 17.9 Å². The van der Waals surface area contributed by atoms with Crippen molar-refractivity contribution in [1.82, 2.24) is 14.2 Å². The molecule has 0 unspecified atom stereocenters. The molecule has 2 saturated heterocycles. The van der Waals surface area contributed by atoms with Crippen molar-refractivity contribution in [1.29, 1.82) is 0 Å². The number of fused-ring (bicyclic) bond motifs is 1. The molecule has 29 heavy (non-hydrogen) atoms. The van der Waals surface area contributed by atoms with Crippen LogP contribution in [0.3, 0.4) is 0 Å². The van der Waals surface area contributed by atoms with Gasteiger partial charge in [0, 0.05) is 55.8 Å². The third kappa shape index (κ3) is 4.20. The number of carbonyl (C=O) groups excluding carboxylic acids is 1. The molecule has 0 bridgehead atoms. The van der Waals surface area contributed by atoms with E-state index < -0.39 is 10.0 Å². The second kappa shape index (κ2) is 8.45. The first-order valence-electron chi connectivity index (χ1n) is 10.5. The third-order valence-corrected chi connectivity index (χ3v) is 7.97. The summed E-state index contributed by atoms with van der Waals surface area (Å²) in [4.78, 5) is 12.7. The summed E-state index contributed by atoms with van der Waals surface area (Å²) in [6.07, 6.45) is 5.23. The number of rotatable bonds is 6. The first-order chi connectivity index (χ1) is 14.0. The Hall–Kier alpha value is -1.90. The van der Waals surface area contributed by atoms with Gasteiger partial charge in [0.1, 0.15) is 0 Å². The van der Waals surface area contributed by atoms with E-state index in [-0.39, 0.29) is 17.9 Å². The molecule has 158 valence electrons. The quantitative estimate of drug-likeness (QED) is 0.779. The molecule has 1 atom stereocenters. The molecule has 2 aliphatic rings. The van der Waals surface area contributed by atoms with Crippen molar-refractivity contribution in [3.05, 3.63) is 30.5 Å². The van der Waals surface area contributed by atoms with Crippen LogP contribution >= 0.6 is 0 Å². The van der Waals surface area contributed by atoms with Gasteiger partial charge in [0.15, 0.2) is 0 Å². The van der Waals surface area contributed by atoms with Gasteiger partial charge >= 0.3 is 0 Å². The number of benzene rings is 1. The summed E-state index contributed by atoms with van der Waals surface area (Å²) >= 11 is 0. The molecular weight excluding hydrogens is 390 g/mol. The Bertz CT molecular complexity index is 971. The van der Waals surface area contributed by atoms with E-state index in [0.717, 1.165) is 36.9 Å². The summed E-state index contributed by atoms with van der Waals surface area (Å²) in [7, 11) is -3.55. The fourth-order valence-corrected chi connectivity index (χ4v) is 5.79. The normalized spacial score (nSPS) is 21.6.